The van der Waals surface area contributed by atoms with Gasteiger partial charge < -0.3 is 14.8 Å². The molecule has 1 heterocycles. The van der Waals surface area contributed by atoms with Crippen LogP contribution in [0.4, 0.5) is 5.95 Å². The van der Waals surface area contributed by atoms with E-state index in [1.165, 1.54) is 0 Å². The molecule has 1 aromatic carbocycles. The Hall–Kier alpha value is -2.30. The Balaban J connectivity index is 1.81. The van der Waals surface area contributed by atoms with Crippen molar-refractivity contribution in [1.29, 1.82) is 0 Å². The summed E-state index contributed by atoms with van der Waals surface area (Å²) in [6, 6.07) is 11.5. The zero-order valence-electron chi connectivity index (χ0n) is 11.8. The fourth-order valence-electron chi connectivity index (χ4n) is 1.69. The topological polar surface area (TPSA) is 56.3 Å². The summed E-state index contributed by atoms with van der Waals surface area (Å²) in [6.45, 7) is 5.61. The van der Waals surface area contributed by atoms with Crippen LogP contribution in [-0.4, -0.2) is 29.7 Å². The van der Waals surface area contributed by atoms with Crippen LogP contribution in [0.5, 0.6) is 11.6 Å². The van der Waals surface area contributed by atoms with Crippen LogP contribution in [0.1, 0.15) is 12.6 Å². The lowest BCUT2D eigenvalue weighted by Crippen LogP contribution is -2.14. The van der Waals surface area contributed by atoms with Gasteiger partial charge in [-0.2, -0.15) is 4.98 Å². The number of anilines is 1. The van der Waals surface area contributed by atoms with Crippen molar-refractivity contribution in [1.82, 2.24) is 9.97 Å². The normalized spacial score (nSPS) is 10.1. The van der Waals surface area contributed by atoms with Crippen molar-refractivity contribution in [2.24, 2.45) is 0 Å². The second-order valence-corrected chi connectivity index (χ2v) is 4.19. The van der Waals surface area contributed by atoms with Crippen molar-refractivity contribution < 1.29 is 9.47 Å². The number of para-hydroxylation sites is 1. The first-order chi connectivity index (χ1) is 9.78. The van der Waals surface area contributed by atoms with Crippen molar-refractivity contribution in [3.63, 3.8) is 0 Å². The molecule has 0 spiro atoms. The number of hydrogen-bond donors (Lipinski definition) is 1. The summed E-state index contributed by atoms with van der Waals surface area (Å²) in [5.41, 5.74) is 0.870. The molecule has 5 heteroatoms. The quantitative estimate of drug-likeness (QED) is 0.786. The van der Waals surface area contributed by atoms with E-state index in [1.807, 2.05) is 50.2 Å². The summed E-state index contributed by atoms with van der Waals surface area (Å²) in [6.07, 6.45) is 0. The third-order valence-corrected chi connectivity index (χ3v) is 2.52. The Kier molecular flexibility index (Phi) is 5.17. The average Bonchev–Trinajstić information content (AvgIpc) is 2.45. The fourth-order valence-corrected chi connectivity index (χ4v) is 1.69. The van der Waals surface area contributed by atoms with Gasteiger partial charge in [-0.15, -0.1) is 0 Å². The van der Waals surface area contributed by atoms with Crippen LogP contribution in [0.15, 0.2) is 36.4 Å². The van der Waals surface area contributed by atoms with Crippen LogP contribution in [0.3, 0.4) is 0 Å². The maximum Gasteiger partial charge on any atom is 0.226 e. The smallest absolute Gasteiger partial charge is 0.226 e. The number of hydrogen-bond acceptors (Lipinski definition) is 5. The van der Waals surface area contributed by atoms with Gasteiger partial charge in [-0.25, -0.2) is 4.98 Å². The first kappa shape index (κ1) is 14.1. The molecule has 1 aromatic heterocycles. The third kappa shape index (κ3) is 4.42. The van der Waals surface area contributed by atoms with Crippen LogP contribution in [0, 0.1) is 6.92 Å². The summed E-state index contributed by atoms with van der Waals surface area (Å²) in [5, 5.41) is 3.13. The second kappa shape index (κ2) is 7.33. The van der Waals surface area contributed by atoms with Crippen molar-refractivity contribution in [3.8, 4) is 11.6 Å². The van der Waals surface area contributed by atoms with E-state index in [2.05, 4.69) is 15.3 Å². The molecule has 106 valence electrons. The lowest BCUT2D eigenvalue weighted by atomic mass is 10.3. The molecular weight excluding hydrogens is 254 g/mol. The molecule has 0 saturated heterocycles. The van der Waals surface area contributed by atoms with Gasteiger partial charge in [0, 0.05) is 11.8 Å². The predicted octanol–water partition coefficient (Wildman–Crippen LogP) is 2.67. The van der Waals surface area contributed by atoms with Crippen molar-refractivity contribution in [2.45, 2.75) is 13.8 Å². The Morgan fingerprint density at radius 1 is 1.10 bits per heavy atom. The number of benzene rings is 1. The number of aromatic nitrogens is 2. The Morgan fingerprint density at radius 3 is 2.65 bits per heavy atom. The van der Waals surface area contributed by atoms with E-state index in [0.717, 1.165) is 11.4 Å². The molecule has 0 amide bonds. The molecule has 0 fully saturated rings. The van der Waals surface area contributed by atoms with E-state index in [-0.39, 0.29) is 0 Å². The highest BCUT2D eigenvalue weighted by Crippen LogP contribution is 2.12. The lowest BCUT2D eigenvalue weighted by molar-refractivity contribution is 0.324. The van der Waals surface area contributed by atoms with Crippen LogP contribution in [-0.2, 0) is 0 Å². The van der Waals surface area contributed by atoms with Crippen LogP contribution in [0.2, 0.25) is 0 Å². The molecule has 0 aliphatic heterocycles. The van der Waals surface area contributed by atoms with E-state index in [9.17, 15) is 0 Å². The minimum atomic E-state index is 0.547. The van der Waals surface area contributed by atoms with Crippen LogP contribution >= 0.6 is 0 Å². The van der Waals surface area contributed by atoms with Gasteiger partial charge in [-0.1, -0.05) is 18.2 Å². The van der Waals surface area contributed by atoms with Crippen molar-refractivity contribution in [2.75, 3.05) is 25.1 Å². The van der Waals surface area contributed by atoms with E-state index in [4.69, 9.17) is 9.47 Å². The molecule has 0 unspecified atom stereocenters. The molecule has 0 atom stereocenters. The minimum Gasteiger partial charge on any atom is -0.492 e. The highest BCUT2D eigenvalue weighted by Gasteiger charge is 2.02. The van der Waals surface area contributed by atoms with Gasteiger partial charge in [0.05, 0.1) is 13.2 Å². The number of nitrogens with one attached hydrogen (secondary N) is 1. The number of rotatable bonds is 7. The maximum absolute atomic E-state index is 5.59. The SMILES string of the molecule is CCOc1cc(C)nc(NCCOc2ccccc2)n1. The highest BCUT2D eigenvalue weighted by atomic mass is 16.5. The molecule has 0 bridgehead atoms. The first-order valence-corrected chi connectivity index (χ1v) is 6.68. The van der Waals surface area contributed by atoms with Crippen molar-refractivity contribution >= 4 is 5.95 Å². The second-order valence-electron chi connectivity index (χ2n) is 4.19. The molecule has 0 aliphatic carbocycles. The first-order valence-electron chi connectivity index (χ1n) is 6.68. The third-order valence-electron chi connectivity index (χ3n) is 2.52. The van der Waals surface area contributed by atoms with Gasteiger partial charge in [-0.3, -0.25) is 0 Å². The number of nitrogens with zero attached hydrogens (tertiary/aromatic N) is 2. The van der Waals surface area contributed by atoms with Gasteiger partial charge in [0.1, 0.15) is 12.4 Å². The molecule has 5 nitrogen and oxygen atoms in total. The summed E-state index contributed by atoms with van der Waals surface area (Å²) >= 11 is 0. The summed E-state index contributed by atoms with van der Waals surface area (Å²) in [7, 11) is 0. The zero-order valence-corrected chi connectivity index (χ0v) is 11.8. The summed E-state index contributed by atoms with van der Waals surface area (Å²) in [4.78, 5) is 8.57. The van der Waals surface area contributed by atoms with Gasteiger partial charge in [0.25, 0.3) is 0 Å². The van der Waals surface area contributed by atoms with Crippen LogP contribution in [0.25, 0.3) is 0 Å². The molecule has 20 heavy (non-hydrogen) atoms. The Morgan fingerprint density at radius 2 is 1.90 bits per heavy atom. The van der Waals surface area contributed by atoms with E-state index < -0.39 is 0 Å². The molecule has 2 rings (SSSR count). The highest BCUT2D eigenvalue weighted by molar-refractivity contribution is 5.30. The fraction of sp³-hybridized carbons (Fsp3) is 0.333. The van der Waals surface area contributed by atoms with Gasteiger partial charge >= 0.3 is 0 Å². The zero-order chi connectivity index (χ0) is 14.2. The van der Waals surface area contributed by atoms with E-state index in [1.54, 1.807) is 0 Å². The summed E-state index contributed by atoms with van der Waals surface area (Å²) < 4.78 is 11.0. The summed E-state index contributed by atoms with van der Waals surface area (Å²) in [5.74, 6) is 2.01. The van der Waals surface area contributed by atoms with E-state index >= 15 is 0 Å². The average molecular weight is 273 g/mol. The largest absolute Gasteiger partial charge is 0.492 e. The lowest BCUT2D eigenvalue weighted by Gasteiger charge is -2.09. The van der Waals surface area contributed by atoms with Crippen molar-refractivity contribution in [3.05, 3.63) is 42.1 Å². The molecule has 0 saturated carbocycles. The van der Waals surface area contributed by atoms with Gasteiger partial charge in [0.15, 0.2) is 0 Å². The molecule has 2 aromatic rings. The standard InChI is InChI=1S/C15H19N3O2/c1-3-19-14-11-12(2)17-15(18-14)16-9-10-20-13-7-5-4-6-8-13/h4-8,11H,3,9-10H2,1-2H3,(H,16,17,18). The number of aryl methyl sites for hydroxylation is 1. The molecule has 1 N–H and O–H groups in total. The molecule has 0 radical (unpaired) electrons. The molecular formula is C15H19N3O2. The Bertz CT molecular complexity index is 532. The Labute approximate surface area is 119 Å². The van der Waals surface area contributed by atoms with E-state index in [0.29, 0.717) is 31.6 Å². The van der Waals surface area contributed by atoms with Crippen LogP contribution < -0.4 is 14.8 Å². The van der Waals surface area contributed by atoms with Gasteiger partial charge in [0.2, 0.25) is 11.8 Å². The molecule has 0 aliphatic rings. The number of ether oxygens (including phenoxy) is 2. The predicted molar refractivity (Wildman–Crippen MR) is 78.4 cm³/mol. The maximum atomic E-state index is 5.59. The minimum absolute atomic E-state index is 0.547. The van der Waals surface area contributed by atoms with Gasteiger partial charge in [-0.05, 0) is 26.0 Å². The monoisotopic (exact) mass is 273 g/mol.